The van der Waals surface area contributed by atoms with Crippen molar-refractivity contribution in [3.63, 3.8) is 0 Å². The molecule has 0 amide bonds. The van der Waals surface area contributed by atoms with Gasteiger partial charge >= 0.3 is 0 Å². The standard InChI is InChI=1S/C4H4NO/c1-2-4-6-5-3-1/h2-5H. The highest BCUT2D eigenvalue weighted by Gasteiger charge is 1.73. The number of rotatable bonds is 0. The number of hydroxylamine groups is 1. The van der Waals surface area contributed by atoms with Crippen molar-refractivity contribution in [1.82, 2.24) is 5.48 Å². The Hall–Kier alpha value is -0.920. The van der Waals surface area contributed by atoms with E-state index in [0.29, 0.717) is 0 Å². The van der Waals surface area contributed by atoms with Crippen LogP contribution in [0.25, 0.3) is 0 Å². The lowest BCUT2D eigenvalue weighted by atomic mass is 10.6. The van der Waals surface area contributed by atoms with Gasteiger partial charge in [-0.3, -0.25) is 0 Å². The average Bonchev–Trinajstić information content (AvgIpc) is 1.72. The van der Waals surface area contributed by atoms with Gasteiger partial charge in [-0.2, -0.15) is 0 Å². The van der Waals surface area contributed by atoms with Crippen LogP contribution < -0.4 is 5.48 Å². The first kappa shape index (κ1) is 3.28. The average molecular weight is 82.1 g/mol. The van der Waals surface area contributed by atoms with Gasteiger partial charge in [0.1, 0.15) is 6.26 Å². The minimum absolute atomic E-state index is 1.51. The highest BCUT2D eigenvalue weighted by Crippen LogP contribution is 1.79. The van der Waals surface area contributed by atoms with Gasteiger partial charge in [-0.25, -0.2) is 5.48 Å². The molecule has 0 saturated carbocycles. The van der Waals surface area contributed by atoms with Crippen LogP contribution in [0.3, 0.4) is 0 Å². The first-order valence-corrected chi connectivity index (χ1v) is 1.64. The first-order valence-electron chi connectivity index (χ1n) is 1.64. The van der Waals surface area contributed by atoms with Crippen molar-refractivity contribution in [3.05, 3.63) is 24.6 Å². The Morgan fingerprint density at radius 2 is 2.67 bits per heavy atom. The van der Waals surface area contributed by atoms with Crippen LogP contribution in [0.4, 0.5) is 0 Å². The van der Waals surface area contributed by atoms with E-state index in [-0.39, 0.29) is 0 Å². The molecule has 0 unspecified atom stereocenters. The fourth-order valence-electron chi connectivity index (χ4n) is 0.229. The topological polar surface area (TPSA) is 21.3 Å². The highest BCUT2D eigenvalue weighted by atomic mass is 16.6. The van der Waals surface area contributed by atoms with Crippen molar-refractivity contribution < 1.29 is 4.84 Å². The molecule has 6 heavy (non-hydrogen) atoms. The van der Waals surface area contributed by atoms with E-state index in [9.17, 15) is 0 Å². The zero-order valence-corrected chi connectivity index (χ0v) is 3.14. The summed E-state index contributed by atoms with van der Waals surface area (Å²) in [5.74, 6) is 0. The molecular weight excluding hydrogens is 78.0 g/mol. The molecular formula is C4H4NO. The van der Waals surface area contributed by atoms with Crippen LogP contribution in [0, 0.1) is 6.08 Å². The predicted octanol–water partition coefficient (Wildman–Crippen LogP) is 0.352. The predicted molar refractivity (Wildman–Crippen MR) is 21.2 cm³/mol. The Bertz CT molecular complexity index is 73.5. The van der Waals surface area contributed by atoms with Gasteiger partial charge in [-0.1, -0.05) is 0 Å². The third-order valence-electron chi connectivity index (χ3n) is 0.443. The summed E-state index contributed by atoms with van der Waals surface area (Å²) in [6.45, 7) is 0. The molecule has 0 aromatic heterocycles. The summed E-state index contributed by atoms with van der Waals surface area (Å²) in [5, 5.41) is 0. The molecule has 1 aliphatic heterocycles. The third-order valence-corrected chi connectivity index (χ3v) is 0.443. The molecule has 1 aliphatic rings. The number of hydrogen-bond donors (Lipinski definition) is 1. The van der Waals surface area contributed by atoms with Crippen LogP contribution in [-0.4, -0.2) is 0 Å². The van der Waals surface area contributed by atoms with Crippen LogP contribution in [-0.2, 0) is 4.84 Å². The van der Waals surface area contributed by atoms with Gasteiger partial charge in [0.15, 0.2) is 0 Å². The third kappa shape index (κ3) is 0.516. The quantitative estimate of drug-likeness (QED) is 0.455. The number of nitrogens with one attached hydrogen (secondary N) is 1. The van der Waals surface area contributed by atoms with E-state index in [1.807, 2.05) is 0 Å². The Morgan fingerprint density at radius 3 is 2.83 bits per heavy atom. The minimum Gasteiger partial charge on any atom is -0.391 e. The van der Waals surface area contributed by atoms with Crippen molar-refractivity contribution in [2.24, 2.45) is 0 Å². The summed E-state index contributed by atoms with van der Waals surface area (Å²) in [5.41, 5.74) is 2.46. The maximum Gasteiger partial charge on any atom is 0.119 e. The monoisotopic (exact) mass is 82.0 g/mol. The Morgan fingerprint density at radius 1 is 1.67 bits per heavy atom. The van der Waals surface area contributed by atoms with Crippen molar-refractivity contribution in [2.45, 2.75) is 0 Å². The zero-order valence-electron chi connectivity index (χ0n) is 3.14. The molecule has 2 heteroatoms. The lowest BCUT2D eigenvalue weighted by Crippen LogP contribution is -2.01. The van der Waals surface area contributed by atoms with Gasteiger partial charge in [-0.15, -0.1) is 0 Å². The van der Waals surface area contributed by atoms with Gasteiger partial charge in [0.2, 0.25) is 0 Å². The molecule has 0 fully saturated rings. The van der Waals surface area contributed by atoms with Gasteiger partial charge < -0.3 is 4.84 Å². The normalized spacial score (nSPS) is 16.0. The summed E-state index contributed by atoms with van der Waals surface area (Å²) in [7, 11) is 0. The van der Waals surface area contributed by atoms with Crippen molar-refractivity contribution in [2.75, 3.05) is 0 Å². The zero-order chi connectivity index (χ0) is 4.24. The maximum absolute atomic E-state index is 4.52. The van der Waals surface area contributed by atoms with Crippen LogP contribution in [0.2, 0.25) is 0 Å². The van der Waals surface area contributed by atoms with Crippen LogP contribution in [0.15, 0.2) is 18.5 Å². The molecule has 0 bridgehead atoms. The van der Waals surface area contributed by atoms with Crippen molar-refractivity contribution >= 4 is 0 Å². The molecule has 1 N–H and O–H groups in total. The van der Waals surface area contributed by atoms with Gasteiger partial charge in [-0.05, 0) is 6.08 Å². The molecule has 0 aromatic rings. The van der Waals surface area contributed by atoms with E-state index >= 15 is 0 Å². The SMILES string of the molecule is [C]1=CNOC=C1. The Kier molecular flexibility index (Phi) is 0.819. The summed E-state index contributed by atoms with van der Waals surface area (Å²) < 4.78 is 0. The largest absolute Gasteiger partial charge is 0.391 e. The molecule has 1 heterocycles. The van der Waals surface area contributed by atoms with Crippen LogP contribution >= 0.6 is 0 Å². The van der Waals surface area contributed by atoms with Crippen LogP contribution in [0.5, 0.6) is 0 Å². The molecule has 0 aliphatic carbocycles. The summed E-state index contributed by atoms with van der Waals surface area (Å²) in [6, 6.07) is 0. The second-order valence-corrected chi connectivity index (χ2v) is 0.849. The van der Waals surface area contributed by atoms with E-state index in [1.54, 1.807) is 12.3 Å². The summed E-state index contributed by atoms with van der Waals surface area (Å²) >= 11 is 0. The molecule has 0 aromatic carbocycles. The molecule has 1 radical (unpaired) electrons. The molecule has 2 nitrogen and oxygen atoms in total. The second-order valence-electron chi connectivity index (χ2n) is 0.849. The lowest BCUT2D eigenvalue weighted by Gasteiger charge is -1.97. The molecule has 0 atom stereocenters. The van der Waals surface area contributed by atoms with E-state index < -0.39 is 0 Å². The lowest BCUT2D eigenvalue weighted by molar-refractivity contribution is 0.171. The minimum atomic E-state index is 1.51. The van der Waals surface area contributed by atoms with Gasteiger partial charge in [0.05, 0.1) is 0 Å². The second kappa shape index (κ2) is 1.50. The smallest absolute Gasteiger partial charge is 0.119 e. The van der Waals surface area contributed by atoms with Crippen LogP contribution in [0.1, 0.15) is 0 Å². The highest BCUT2D eigenvalue weighted by molar-refractivity contribution is 4.91. The Labute approximate surface area is 36.1 Å². The molecule has 31 valence electrons. The Balaban J connectivity index is 2.46. The van der Waals surface area contributed by atoms with Crippen molar-refractivity contribution in [3.8, 4) is 0 Å². The summed E-state index contributed by atoms with van der Waals surface area (Å²) in [4.78, 5) is 4.52. The first-order chi connectivity index (χ1) is 3.00. The van der Waals surface area contributed by atoms with E-state index in [1.165, 1.54) is 6.26 Å². The fraction of sp³-hybridized carbons (Fsp3) is 0. The molecule has 0 saturated heterocycles. The van der Waals surface area contributed by atoms with E-state index in [4.69, 9.17) is 0 Å². The fourth-order valence-corrected chi connectivity index (χ4v) is 0.229. The summed E-state index contributed by atoms with van der Waals surface area (Å²) in [6.07, 6.45) is 7.52. The van der Waals surface area contributed by atoms with Gasteiger partial charge in [0.25, 0.3) is 0 Å². The maximum atomic E-state index is 4.52. The number of allylic oxidation sites excluding steroid dienone is 2. The molecule has 0 spiro atoms. The van der Waals surface area contributed by atoms with Crippen molar-refractivity contribution in [1.29, 1.82) is 0 Å². The molecule has 1 rings (SSSR count). The van der Waals surface area contributed by atoms with E-state index in [0.717, 1.165) is 0 Å². The number of hydrogen-bond acceptors (Lipinski definition) is 2. The van der Waals surface area contributed by atoms with Gasteiger partial charge in [0, 0.05) is 12.3 Å². The van der Waals surface area contributed by atoms with E-state index in [2.05, 4.69) is 16.4 Å².